The highest BCUT2D eigenvalue weighted by atomic mass is 16.5. The summed E-state index contributed by atoms with van der Waals surface area (Å²) in [5, 5.41) is 0. The van der Waals surface area contributed by atoms with Crippen LogP contribution in [0.4, 0.5) is 4.79 Å². The van der Waals surface area contributed by atoms with Gasteiger partial charge in [-0.2, -0.15) is 0 Å². The van der Waals surface area contributed by atoms with Crippen molar-refractivity contribution in [3.63, 3.8) is 0 Å². The average Bonchev–Trinajstić information content (AvgIpc) is 3.30. The molecule has 1 amide bonds. The Kier molecular flexibility index (Phi) is 5.84. The van der Waals surface area contributed by atoms with E-state index in [0.717, 1.165) is 23.7 Å². The Morgan fingerprint density at radius 3 is 2.50 bits per heavy atom. The number of likely N-dealkylation sites (tertiary alicyclic amines) is 1. The molecule has 2 fully saturated rings. The van der Waals surface area contributed by atoms with Crippen molar-refractivity contribution in [2.75, 3.05) is 27.3 Å². The van der Waals surface area contributed by atoms with E-state index >= 15 is 0 Å². The molecule has 2 atom stereocenters. The first-order valence-electron chi connectivity index (χ1n) is 9.53. The Labute approximate surface area is 155 Å². The molecule has 0 radical (unpaired) electrons. The molecule has 0 spiro atoms. The van der Waals surface area contributed by atoms with E-state index in [1.54, 1.807) is 18.9 Å². The first-order chi connectivity index (χ1) is 12.5. The fourth-order valence-corrected chi connectivity index (χ4v) is 4.55. The van der Waals surface area contributed by atoms with E-state index in [1.807, 2.05) is 12.1 Å². The summed E-state index contributed by atoms with van der Waals surface area (Å²) in [4.78, 5) is 25.7. The number of hydrogen-bond acceptors (Lipinski definition) is 4. The van der Waals surface area contributed by atoms with Crippen molar-refractivity contribution in [1.82, 2.24) is 4.90 Å². The number of methoxy groups -OCH3 is 2. The first kappa shape index (κ1) is 18.7. The number of carbonyl (C=O) groups is 2. The minimum atomic E-state index is -0.363. The van der Waals surface area contributed by atoms with E-state index in [1.165, 1.54) is 38.4 Å². The molecule has 5 nitrogen and oxygen atoms in total. The van der Waals surface area contributed by atoms with Gasteiger partial charge in [-0.05, 0) is 36.5 Å². The van der Waals surface area contributed by atoms with E-state index in [0.29, 0.717) is 13.1 Å². The first-order valence-corrected chi connectivity index (χ1v) is 9.53. The van der Waals surface area contributed by atoms with Gasteiger partial charge in [0.1, 0.15) is 11.5 Å². The van der Waals surface area contributed by atoms with Crippen LogP contribution in [0.5, 0.6) is 5.75 Å². The molecule has 2 aliphatic rings. The summed E-state index contributed by atoms with van der Waals surface area (Å²) < 4.78 is 10.4. The van der Waals surface area contributed by atoms with Gasteiger partial charge in [0.05, 0.1) is 14.2 Å². The predicted octanol–water partition coefficient (Wildman–Crippen LogP) is 3.80. The van der Waals surface area contributed by atoms with Gasteiger partial charge in [-0.15, -0.1) is 0 Å². The van der Waals surface area contributed by atoms with Gasteiger partial charge in [0.15, 0.2) is 0 Å². The fourth-order valence-electron chi connectivity index (χ4n) is 4.55. The van der Waals surface area contributed by atoms with Gasteiger partial charge in [-0.1, -0.05) is 37.8 Å². The Hall–Kier alpha value is -2.04. The molecule has 5 heteroatoms. The van der Waals surface area contributed by atoms with Crippen LogP contribution in [0.25, 0.3) is 0 Å². The summed E-state index contributed by atoms with van der Waals surface area (Å²) in [6.45, 7) is 2.56. The van der Waals surface area contributed by atoms with Crippen LogP contribution in [0.2, 0.25) is 0 Å². The maximum absolute atomic E-state index is 12.2. The lowest BCUT2D eigenvalue weighted by Gasteiger charge is -2.19. The zero-order valence-corrected chi connectivity index (χ0v) is 16.0. The normalized spacial score (nSPS) is 23.3. The number of benzene rings is 1. The fraction of sp³-hybridized carbons (Fsp3) is 0.619. The molecule has 26 heavy (non-hydrogen) atoms. The predicted molar refractivity (Wildman–Crippen MR) is 99.5 cm³/mol. The summed E-state index contributed by atoms with van der Waals surface area (Å²) >= 11 is 0. The average molecular weight is 359 g/mol. The topological polar surface area (TPSA) is 55.8 Å². The Morgan fingerprint density at radius 1 is 1.15 bits per heavy atom. The summed E-state index contributed by atoms with van der Waals surface area (Å²) in [6.07, 6.45) is 5.85. The quantitative estimate of drug-likeness (QED) is 0.802. The number of carbonyl (C=O) groups excluding carboxylic acids is 2. The van der Waals surface area contributed by atoms with Crippen molar-refractivity contribution < 1.29 is 19.1 Å². The van der Waals surface area contributed by atoms with Crippen LogP contribution in [-0.4, -0.2) is 44.1 Å². The van der Waals surface area contributed by atoms with Crippen LogP contribution in [0.3, 0.4) is 0 Å². The molecule has 0 bridgehead atoms. The number of nitrogens with zero attached hydrogens (tertiary/aromatic N) is 1. The zero-order chi connectivity index (χ0) is 18.7. The molecule has 0 unspecified atom stereocenters. The highest BCUT2D eigenvalue weighted by Gasteiger charge is 2.39. The molecule has 1 aromatic rings. The van der Waals surface area contributed by atoms with E-state index in [9.17, 15) is 9.59 Å². The maximum Gasteiger partial charge on any atom is 0.409 e. The largest absolute Gasteiger partial charge is 0.496 e. The summed E-state index contributed by atoms with van der Waals surface area (Å²) in [7, 11) is 3.09. The monoisotopic (exact) mass is 359 g/mol. The molecule has 1 aliphatic carbocycles. The van der Waals surface area contributed by atoms with Crippen molar-refractivity contribution >= 4 is 11.9 Å². The number of ether oxygens (including phenoxy) is 2. The van der Waals surface area contributed by atoms with Gasteiger partial charge in [0.25, 0.3) is 0 Å². The second-order valence-electron chi connectivity index (χ2n) is 7.62. The molecule has 1 heterocycles. The van der Waals surface area contributed by atoms with Crippen LogP contribution in [0.1, 0.15) is 49.7 Å². The number of amides is 1. The highest BCUT2D eigenvalue weighted by Crippen LogP contribution is 2.37. The molecule has 0 aromatic heterocycles. The standard InChI is InChI=1S/C21H29NO4/c1-14(23)18-12-22(21(24)26-3)13-19(18)16-8-9-20(25-2)17(11-16)10-15-6-4-5-7-15/h8-9,11,15,18-19H,4-7,10,12-13H2,1-3H3/t18-,19+/m1/s1. The smallest absolute Gasteiger partial charge is 0.409 e. The molecule has 0 N–H and O–H groups in total. The van der Waals surface area contributed by atoms with E-state index in [2.05, 4.69) is 6.07 Å². The van der Waals surface area contributed by atoms with Crippen molar-refractivity contribution in [1.29, 1.82) is 0 Å². The third-order valence-electron chi connectivity index (χ3n) is 5.99. The van der Waals surface area contributed by atoms with Crippen LogP contribution in [-0.2, 0) is 16.0 Å². The summed E-state index contributed by atoms with van der Waals surface area (Å²) in [6, 6.07) is 6.24. The van der Waals surface area contributed by atoms with Crippen molar-refractivity contribution in [3.05, 3.63) is 29.3 Å². The molecular weight excluding hydrogens is 330 g/mol. The van der Waals surface area contributed by atoms with E-state index in [4.69, 9.17) is 9.47 Å². The Morgan fingerprint density at radius 2 is 1.88 bits per heavy atom. The van der Waals surface area contributed by atoms with Crippen molar-refractivity contribution in [2.24, 2.45) is 11.8 Å². The molecule has 3 rings (SSSR count). The van der Waals surface area contributed by atoms with E-state index in [-0.39, 0.29) is 23.7 Å². The third-order valence-corrected chi connectivity index (χ3v) is 5.99. The molecule has 142 valence electrons. The SMILES string of the molecule is COC(=O)N1C[C@H](C(C)=O)[C@H](c2ccc(OC)c(CC3CCCC3)c2)C1. The van der Waals surface area contributed by atoms with Gasteiger partial charge < -0.3 is 14.4 Å². The summed E-state index contributed by atoms with van der Waals surface area (Å²) in [5.41, 5.74) is 2.33. The van der Waals surface area contributed by atoms with Crippen LogP contribution in [0.15, 0.2) is 18.2 Å². The number of hydrogen-bond donors (Lipinski definition) is 0. The molecule has 1 saturated carbocycles. The van der Waals surface area contributed by atoms with Crippen LogP contribution in [0, 0.1) is 11.8 Å². The Balaban J connectivity index is 1.86. The number of rotatable bonds is 5. The van der Waals surface area contributed by atoms with Crippen LogP contribution >= 0.6 is 0 Å². The number of ketones is 1. The Bertz CT molecular complexity index is 666. The highest BCUT2D eigenvalue weighted by molar-refractivity contribution is 5.81. The van der Waals surface area contributed by atoms with Crippen LogP contribution < -0.4 is 4.74 Å². The maximum atomic E-state index is 12.2. The zero-order valence-electron chi connectivity index (χ0n) is 16.0. The molecular formula is C21H29NO4. The third kappa shape index (κ3) is 3.87. The molecule has 1 aliphatic heterocycles. The van der Waals surface area contributed by atoms with E-state index < -0.39 is 0 Å². The van der Waals surface area contributed by atoms with Gasteiger partial charge in [0, 0.05) is 24.9 Å². The van der Waals surface area contributed by atoms with Crippen molar-refractivity contribution in [3.8, 4) is 5.75 Å². The van der Waals surface area contributed by atoms with Gasteiger partial charge >= 0.3 is 6.09 Å². The molecule has 1 aromatic carbocycles. The minimum Gasteiger partial charge on any atom is -0.496 e. The van der Waals surface area contributed by atoms with Crippen molar-refractivity contribution in [2.45, 2.75) is 44.9 Å². The lowest BCUT2D eigenvalue weighted by Crippen LogP contribution is -2.29. The van der Waals surface area contributed by atoms with Gasteiger partial charge in [-0.25, -0.2) is 4.79 Å². The van der Waals surface area contributed by atoms with Gasteiger partial charge in [0.2, 0.25) is 0 Å². The summed E-state index contributed by atoms with van der Waals surface area (Å²) in [5.74, 6) is 1.59. The lowest BCUT2D eigenvalue weighted by molar-refractivity contribution is -0.120. The molecule has 1 saturated heterocycles. The number of Topliss-reactive ketones (excluding diaryl/α,β-unsaturated/α-hetero) is 1. The van der Waals surface area contributed by atoms with Gasteiger partial charge in [-0.3, -0.25) is 4.79 Å². The lowest BCUT2D eigenvalue weighted by atomic mass is 9.85. The second-order valence-corrected chi connectivity index (χ2v) is 7.62. The minimum absolute atomic E-state index is 0.0137. The second kappa shape index (κ2) is 8.11.